The molecule has 3 heterocycles. The van der Waals surface area contributed by atoms with Gasteiger partial charge in [-0.15, -0.1) is 11.8 Å². The highest BCUT2D eigenvalue weighted by atomic mass is 32.2. The van der Waals surface area contributed by atoms with Gasteiger partial charge in [-0.05, 0) is 91.7 Å². The molecule has 0 radical (unpaired) electrons. The summed E-state index contributed by atoms with van der Waals surface area (Å²) in [4.78, 5) is 23.6. The van der Waals surface area contributed by atoms with Gasteiger partial charge in [-0.2, -0.15) is 5.48 Å². The minimum atomic E-state index is -2.86. The lowest BCUT2D eigenvalue weighted by molar-refractivity contribution is -0.120. The zero-order chi connectivity index (χ0) is 30.4. The molecular weight excluding hydrogens is 552 g/mol. The summed E-state index contributed by atoms with van der Waals surface area (Å²) >= 11 is 1.79. The molecule has 0 fully saturated rings. The van der Waals surface area contributed by atoms with Crippen molar-refractivity contribution in [2.24, 2.45) is 5.92 Å². The van der Waals surface area contributed by atoms with Gasteiger partial charge in [-0.1, -0.05) is 43.7 Å². The largest absolute Gasteiger partial charge is 0.317 e. The van der Waals surface area contributed by atoms with Crippen LogP contribution in [0, 0.1) is 5.92 Å². The SMILES string of the molecule is CCC1=C(C)SC=C(CONC(C)C2=CC3=CCC(C)C=C(c4cccc(N(C)C(=O)CCC(C)(F)F)c4)N3C=C2)C1. The van der Waals surface area contributed by atoms with Gasteiger partial charge in [0.05, 0.1) is 12.6 Å². The fourth-order valence-electron chi connectivity index (χ4n) is 5.13. The van der Waals surface area contributed by atoms with E-state index in [4.69, 9.17) is 4.84 Å². The molecular formula is C34H43F2N3O2S. The molecule has 3 aliphatic heterocycles. The van der Waals surface area contributed by atoms with Crippen LogP contribution < -0.4 is 10.4 Å². The average molecular weight is 596 g/mol. The summed E-state index contributed by atoms with van der Waals surface area (Å²) in [6.07, 6.45) is 13.1. The van der Waals surface area contributed by atoms with E-state index in [2.05, 4.69) is 74.0 Å². The summed E-state index contributed by atoms with van der Waals surface area (Å²) in [5.41, 5.74) is 10.9. The molecule has 0 aliphatic carbocycles. The van der Waals surface area contributed by atoms with Crippen LogP contribution in [0.2, 0.25) is 0 Å². The maximum atomic E-state index is 13.3. The highest BCUT2D eigenvalue weighted by Crippen LogP contribution is 2.36. The third kappa shape index (κ3) is 8.33. The topological polar surface area (TPSA) is 44.8 Å². The minimum absolute atomic E-state index is 0.00402. The van der Waals surface area contributed by atoms with Crippen molar-refractivity contribution in [1.29, 1.82) is 0 Å². The zero-order valence-corrected chi connectivity index (χ0v) is 26.4. The van der Waals surface area contributed by atoms with Crippen molar-refractivity contribution in [3.05, 3.63) is 93.1 Å². The van der Waals surface area contributed by atoms with Crippen molar-refractivity contribution in [2.75, 3.05) is 18.6 Å². The molecule has 1 N–H and O–H groups in total. The molecule has 8 heteroatoms. The molecule has 4 rings (SSSR count). The third-order valence-electron chi connectivity index (χ3n) is 7.88. The molecule has 0 bridgehead atoms. The number of amides is 1. The summed E-state index contributed by atoms with van der Waals surface area (Å²) < 4.78 is 26.7. The van der Waals surface area contributed by atoms with E-state index in [1.807, 2.05) is 24.3 Å². The second-order valence-electron chi connectivity index (χ2n) is 11.5. The Morgan fingerprint density at radius 2 is 2.12 bits per heavy atom. The second kappa shape index (κ2) is 14.0. The monoisotopic (exact) mass is 595 g/mol. The summed E-state index contributed by atoms with van der Waals surface area (Å²) in [6, 6.07) is 7.71. The number of nitrogens with zero attached hydrogens (tertiary/aromatic N) is 2. The number of hydrogen-bond donors (Lipinski definition) is 1. The molecule has 1 aromatic carbocycles. The Balaban J connectivity index is 1.43. The van der Waals surface area contributed by atoms with Crippen molar-refractivity contribution in [3.63, 3.8) is 0 Å². The number of fused-ring (bicyclic) bond motifs is 1. The zero-order valence-electron chi connectivity index (χ0n) is 25.5. The fourth-order valence-corrected chi connectivity index (χ4v) is 6.01. The van der Waals surface area contributed by atoms with Crippen LogP contribution in [0.1, 0.15) is 72.3 Å². The van der Waals surface area contributed by atoms with E-state index in [9.17, 15) is 13.6 Å². The molecule has 1 aromatic rings. The lowest BCUT2D eigenvalue weighted by Gasteiger charge is -2.30. The van der Waals surface area contributed by atoms with Crippen LogP contribution in [-0.4, -0.2) is 36.4 Å². The minimum Gasteiger partial charge on any atom is -0.317 e. The number of carbonyl (C=O) groups excluding carboxylic acids is 1. The standard InChI is InChI=1S/C34H43F2N3O2S/c1-7-27-18-26(22-42-25(27)4)21-41-37-24(3)28-14-16-39-31(19-28)12-11-23(2)17-32(39)29-9-8-10-30(20-29)38(6)33(40)13-15-34(5,35)36/h8-10,12,14,16-17,19-20,22-24,37H,7,11,13,15,18,21H2,1-6H3. The predicted octanol–water partition coefficient (Wildman–Crippen LogP) is 8.72. The van der Waals surface area contributed by atoms with Crippen molar-refractivity contribution in [1.82, 2.24) is 10.4 Å². The lowest BCUT2D eigenvalue weighted by Crippen LogP contribution is -2.30. The van der Waals surface area contributed by atoms with Crippen LogP contribution in [0.5, 0.6) is 0 Å². The molecule has 1 amide bonds. The van der Waals surface area contributed by atoms with Gasteiger partial charge in [0.2, 0.25) is 11.8 Å². The van der Waals surface area contributed by atoms with Crippen LogP contribution in [0.25, 0.3) is 5.70 Å². The van der Waals surface area contributed by atoms with Gasteiger partial charge in [0, 0.05) is 48.7 Å². The number of alkyl halides is 2. The molecule has 42 heavy (non-hydrogen) atoms. The highest BCUT2D eigenvalue weighted by Gasteiger charge is 2.25. The first-order valence-corrected chi connectivity index (χ1v) is 15.6. The van der Waals surface area contributed by atoms with Crippen molar-refractivity contribution in [2.45, 2.75) is 78.7 Å². The summed E-state index contributed by atoms with van der Waals surface area (Å²) in [5, 5.41) is 2.20. The Kier molecular flexibility index (Phi) is 10.7. The maximum absolute atomic E-state index is 13.3. The molecule has 2 atom stereocenters. The number of hydrogen-bond acceptors (Lipinski definition) is 5. The van der Waals surface area contributed by atoms with Crippen LogP contribution in [0.3, 0.4) is 0 Å². The molecule has 5 nitrogen and oxygen atoms in total. The first-order chi connectivity index (χ1) is 19.9. The molecule has 226 valence electrons. The fraction of sp³-hybridized carbons (Fsp3) is 0.441. The Bertz CT molecular complexity index is 1350. The summed E-state index contributed by atoms with van der Waals surface area (Å²) in [5.74, 6) is -2.89. The summed E-state index contributed by atoms with van der Waals surface area (Å²) in [7, 11) is 1.64. The Labute approximate surface area is 253 Å². The quantitative estimate of drug-likeness (QED) is 0.259. The van der Waals surface area contributed by atoms with E-state index >= 15 is 0 Å². The molecule has 0 aromatic heterocycles. The first kappa shape index (κ1) is 32.0. The van der Waals surface area contributed by atoms with E-state index in [1.54, 1.807) is 18.8 Å². The van der Waals surface area contributed by atoms with Gasteiger partial charge in [0.15, 0.2) is 0 Å². The molecule has 3 aliphatic rings. The first-order valence-electron chi connectivity index (χ1n) is 14.7. The summed E-state index contributed by atoms with van der Waals surface area (Å²) in [6.45, 7) is 10.1. The van der Waals surface area contributed by atoms with Gasteiger partial charge < -0.3 is 9.80 Å². The van der Waals surface area contributed by atoms with E-state index < -0.39 is 12.3 Å². The number of carbonyl (C=O) groups is 1. The van der Waals surface area contributed by atoms with Gasteiger partial charge in [0.1, 0.15) is 0 Å². The predicted molar refractivity (Wildman–Crippen MR) is 170 cm³/mol. The number of allylic oxidation sites excluding steroid dienone is 5. The Morgan fingerprint density at radius 3 is 2.86 bits per heavy atom. The van der Waals surface area contributed by atoms with Crippen LogP contribution in [0.15, 0.2) is 87.5 Å². The molecule has 2 unspecified atom stereocenters. The maximum Gasteiger partial charge on any atom is 0.245 e. The van der Waals surface area contributed by atoms with Gasteiger partial charge in [0.25, 0.3) is 0 Å². The average Bonchev–Trinajstić information content (AvgIpc) is 3.14. The number of hydroxylamine groups is 1. The lowest BCUT2D eigenvalue weighted by atomic mass is 10.0. The Morgan fingerprint density at radius 1 is 1.33 bits per heavy atom. The number of benzene rings is 1. The molecule has 0 saturated carbocycles. The number of anilines is 1. The smallest absolute Gasteiger partial charge is 0.245 e. The number of nitrogens with one attached hydrogen (secondary N) is 1. The van der Waals surface area contributed by atoms with Gasteiger partial charge >= 0.3 is 0 Å². The van der Waals surface area contributed by atoms with Crippen LogP contribution in [-0.2, 0) is 9.63 Å². The number of halogens is 2. The van der Waals surface area contributed by atoms with E-state index in [-0.39, 0.29) is 18.4 Å². The van der Waals surface area contributed by atoms with Gasteiger partial charge in [-0.25, -0.2) is 8.78 Å². The van der Waals surface area contributed by atoms with Crippen LogP contribution >= 0.6 is 11.8 Å². The molecule has 0 saturated heterocycles. The third-order valence-corrected chi connectivity index (χ3v) is 8.97. The van der Waals surface area contributed by atoms with Crippen molar-refractivity contribution >= 4 is 29.1 Å². The van der Waals surface area contributed by atoms with E-state index in [1.165, 1.54) is 21.0 Å². The Hall–Kier alpha value is -2.94. The van der Waals surface area contributed by atoms with Crippen molar-refractivity contribution < 1.29 is 18.4 Å². The van der Waals surface area contributed by atoms with E-state index in [0.29, 0.717) is 18.2 Å². The normalized spacial score (nSPS) is 19.8. The second-order valence-corrected chi connectivity index (χ2v) is 12.6. The van der Waals surface area contributed by atoms with Crippen molar-refractivity contribution in [3.8, 4) is 0 Å². The highest BCUT2D eigenvalue weighted by molar-refractivity contribution is 8.05. The van der Waals surface area contributed by atoms with Crippen LogP contribution in [0.4, 0.5) is 14.5 Å². The number of thioether (sulfide) groups is 1. The van der Waals surface area contributed by atoms with Gasteiger partial charge in [-0.3, -0.25) is 9.63 Å². The number of rotatable bonds is 11. The molecule has 0 spiro atoms. The van der Waals surface area contributed by atoms with E-state index in [0.717, 1.165) is 48.7 Å².